The Morgan fingerprint density at radius 2 is 1.44 bits per heavy atom. The molecule has 168 valence electrons. The number of hydrogen-bond donors (Lipinski definition) is 2. The van der Waals surface area contributed by atoms with E-state index in [1.54, 1.807) is 12.1 Å². The number of azo groups is 1. The van der Waals surface area contributed by atoms with Gasteiger partial charge in [-0.05, 0) is 53.6 Å². The Morgan fingerprint density at radius 3 is 2.18 bits per heavy atom. The maximum atomic E-state index is 12.1. The first-order chi connectivity index (χ1) is 16.7. The number of nitrogens with zero attached hydrogens (tertiary/aromatic N) is 3. The number of carbonyl (C=O) groups excluding carboxylic acids is 1. The van der Waals surface area contributed by atoms with E-state index in [1.807, 2.05) is 84.9 Å². The van der Waals surface area contributed by atoms with Crippen LogP contribution in [0.15, 0.2) is 118 Å². The maximum absolute atomic E-state index is 12.1. The smallest absolute Gasteiger partial charge is 0.277 e. The summed E-state index contributed by atoms with van der Waals surface area (Å²) in [5.74, 6) is 0.155. The van der Waals surface area contributed by atoms with Crippen LogP contribution in [0.1, 0.15) is 5.56 Å². The van der Waals surface area contributed by atoms with Gasteiger partial charge in [0.1, 0.15) is 11.5 Å². The molecule has 34 heavy (non-hydrogen) atoms. The molecule has 7 heteroatoms. The van der Waals surface area contributed by atoms with E-state index in [1.165, 1.54) is 12.3 Å². The molecule has 0 radical (unpaired) electrons. The third-order valence-electron chi connectivity index (χ3n) is 4.77. The molecular formula is C27H22N4O3. The molecular weight excluding hydrogens is 428 g/mol. The molecule has 0 atom stereocenters. The van der Waals surface area contributed by atoms with Gasteiger partial charge >= 0.3 is 0 Å². The van der Waals surface area contributed by atoms with E-state index in [-0.39, 0.29) is 12.4 Å². The van der Waals surface area contributed by atoms with Crippen LogP contribution < -0.4 is 10.2 Å². The number of ether oxygens (including phenoxy) is 1. The highest BCUT2D eigenvalue weighted by Gasteiger charge is 2.04. The summed E-state index contributed by atoms with van der Waals surface area (Å²) < 4.78 is 5.52. The standard InChI is InChI=1S/C27H22N4O3/c32-26-16-13-24(30-29-23-9-5-2-6-10-23)17-22(26)18-28-31-27(33)19-34-25-14-11-21(12-15-25)20-7-3-1-4-8-20/h1-18,32H,19H2,(H,31,33)/b28-18-,30-29?. The van der Waals surface area contributed by atoms with Crippen molar-refractivity contribution in [3.8, 4) is 22.6 Å². The number of hydrogen-bond acceptors (Lipinski definition) is 6. The second-order valence-electron chi connectivity index (χ2n) is 7.25. The van der Waals surface area contributed by atoms with Crippen LogP contribution in [0.5, 0.6) is 11.5 Å². The molecule has 4 aromatic carbocycles. The summed E-state index contributed by atoms with van der Waals surface area (Å²) in [6, 6.07) is 31.5. The highest BCUT2D eigenvalue weighted by atomic mass is 16.5. The number of phenolic OH excluding ortho intramolecular Hbond substituents is 1. The van der Waals surface area contributed by atoms with Gasteiger partial charge < -0.3 is 9.84 Å². The molecule has 0 aromatic heterocycles. The lowest BCUT2D eigenvalue weighted by molar-refractivity contribution is -0.123. The fourth-order valence-electron chi connectivity index (χ4n) is 3.05. The Morgan fingerprint density at radius 1 is 0.794 bits per heavy atom. The van der Waals surface area contributed by atoms with Gasteiger partial charge in [-0.25, -0.2) is 5.43 Å². The quantitative estimate of drug-likeness (QED) is 0.196. The summed E-state index contributed by atoms with van der Waals surface area (Å²) in [6.45, 7) is -0.195. The molecule has 0 saturated carbocycles. The molecule has 2 N–H and O–H groups in total. The lowest BCUT2D eigenvalue weighted by atomic mass is 10.1. The number of amides is 1. The van der Waals surface area contributed by atoms with E-state index in [4.69, 9.17) is 4.74 Å². The number of phenols is 1. The fraction of sp³-hybridized carbons (Fsp3) is 0.0370. The largest absolute Gasteiger partial charge is 0.507 e. The molecule has 0 unspecified atom stereocenters. The topological polar surface area (TPSA) is 95.6 Å². The summed E-state index contributed by atoms with van der Waals surface area (Å²) in [4.78, 5) is 12.1. The highest BCUT2D eigenvalue weighted by Crippen LogP contribution is 2.24. The van der Waals surface area contributed by atoms with E-state index in [9.17, 15) is 9.90 Å². The average Bonchev–Trinajstić information content (AvgIpc) is 2.89. The first-order valence-electron chi connectivity index (χ1n) is 10.6. The molecule has 4 aromatic rings. The van der Waals surface area contributed by atoms with E-state index < -0.39 is 5.91 Å². The van der Waals surface area contributed by atoms with Gasteiger partial charge in [0.2, 0.25) is 0 Å². The average molecular weight is 450 g/mol. The number of nitrogens with one attached hydrogen (secondary N) is 1. The van der Waals surface area contributed by atoms with E-state index in [2.05, 4.69) is 20.8 Å². The highest BCUT2D eigenvalue weighted by molar-refractivity contribution is 5.86. The van der Waals surface area contributed by atoms with Crippen LogP contribution in [-0.2, 0) is 4.79 Å². The molecule has 0 saturated heterocycles. The van der Waals surface area contributed by atoms with Crippen LogP contribution in [0.25, 0.3) is 11.1 Å². The predicted molar refractivity (Wildman–Crippen MR) is 132 cm³/mol. The first-order valence-corrected chi connectivity index (χ1v) is 10.6. The maximum Gasteiger partial charge on any atom is 0.277 e. The fourth-order valence-corrected chi connectivity index (χ4v) is 3.05. The normalized spacial score (nSPS) is 11.1. The second-order valence-corrected chi connectivity index (χ2v) is 7.25. The summed E-state index contributed by atoms with van der Waals surface area (Å²) in [5, 5.41) is 22.2. The van der Waals surface area contributed by atoms with E-state index in [0.29, 0.717) is 22.7 Å². The van der Waals surface area contributed by atoms with Crippen molar-refractivity contribution in [1.29, 1.82) is 0 Å². The van der Waals surface area contributed by atoms with Crippen molar-refractivity contribution in [3.63, 3.8) is 0 Å². The van der Waals surface area contributed by atoms with Gasteiger partial charge in [0, 0.05) is 5.56 Å². The Balaban J connectivity index is 1.29. The van der Waals surface area contributed by atoms with Gasteiger partial charge in [0.05, 0.1) is 17.6 Å². The number of carbonyl (C=O) groups is 1. The van der Waals surface area contributed by atoms with Crippen molar-refractivity contribution >= 4 is 23.5 Å². The Labute approximate surface area is 197 Å². The second kappa shape index (κ2) is 11.2. The van der Waals surface area contributed by atoms with Gasteiger partial charge in [0.25, 0.3) is 5.91 Å². The van der Waals surface area contributed by atoms with Gasteiger partial charge in [-0.1, -0.05) is 60.7 Å². The van der Waals surface area contributed by atoms with Crippen molar-refractivity contribution in [2.45, 2.75) is 0 Å². The van der Waals surface area contributed by atoms with Crippen molar-refractivity contribution in [3.05, 3.63) is 109 Å². The Bertz CT molecular complexity index is 1290. The van der Waals surface area contributed by atoms with Crippen LogP contribution in [0.4, 0.5) is 11.4 Å². The zero-order chi connectivity index (χ0) is 23.6. The monoisotopic (exact) mass is 450 g/mol. The van der Waals surface area contributed by atoms with Gasteiger partial charge in [-0.2, -0.15) is 15.3 Å². The van der Waals surface area contributed by atoms with Crippen LogP contribution in [-0.4, -0.2) is 23.8 Å². The lowest BCUT2D eigenvalue weighted by Gasteiger charge is -2.07. The number of benzene rings is 4. The first kappa shape index (κ1) is 22.4. The van der Waals surface area contributed by atoms with Crippen LogP contribution in [0, 0.1) is 0 Å². The zero-order valence-electron chi connectivity index (χ0n) is 18.2. The lowest BCUT2D eigenvalue weighted by Crippen LogP contribution is -2.24. The van der Waals surface area contributed by atoms with Crippen molar-refractivity contribution < 1.29 is 14.6 Å². The van der Waals surface area contributed by atoms with Gasteiger partial charge in [-0.15, -0.1) is 0 Å². The molecule has 0 heterocycles. The predicted octanol–water partition coefficient (Wildman–Crippen LogP) is 6.00. The Kier molecular flexibility index (Phi) is 7.38. The van der Waals surface area contributed by atoms with E-state index in [0.717, 1.165) is 11.1 Å². The summed E-state index contributed by atoms with van der Waals surface area (Å²) in [7, 11) is 0. The molecule has 4 rings (SSSR count). The number of aromatic hydroxyl groups is 1. The third kappa shape index (κ3) is 6.37. The van der Waals surface area contributed by atoms with Crippen LogP contribution in [0.2, 0.25) is 0 Å². The number of rotatable bonds is 8. The number of hydrazone groups is 1. The molecule has 0 aliphatic carbocycles. The Hall–Kier alpha value is -4.78. The van der Waals surface area contributed by atoms with Gasteiger partial charge in [-0.3, -0.25) is 4.79 Å². The summed E-state index contributed by atoms with van der Waals surface area (Å²) >= 11 is 0. The molecule has 0 bridgehead atoms. The molecule has 0 aliphatic rings. The molecule has 7 nitrogen and oxygen atoms in total. The molecule has 0 spiro atoms. The van der Waals surface area contributed by atoms with Gasteiger partial charge in [0.15, 0.2) is 6.61 Å². The minimum absolute atomic E-state index is 0.00594. The van der Waals surface area contributed by atoms with Crippen molar-refractivity contribution in [2.24, 2.45) is 15.3 Å². The SMILES string of the molecule is O=C(COc1ccc(-c2ccccc2)cc1)N/N=C\c1cc(N=Nc2ccccc2)ccc1O. The van der Waals surface area contributed by atoms with Crippen LogP contribution >= 0.6 is 0 Å². The minimum atomic E-state index is -0.428. The minimum Gasteiger partial charge on any atom is -0.507 e. The van der Waals surface area contributed by atoms with Crippen molar-refractivity contribution in [2.75, 3.05) is 6.61 Å². The summed E-state index contributed by atoms with van der Waals surface area (Å²) in [6.07, 6.45) is 1.34. The molecule has 1 amide bonds. The third-order valence-corrected chi connectivity index (χ3v) is 4.77. The molecule has 0 fully saturated rings. The summed E-state index contributed by atoms with van der Waals surface area (Å²) in [5.41, 5.74) is 6.20. The molecule has 0 aliphatic heterocycles. The van der Waals surface area contributed by atoms with Crippen LogP contribution in [0.3, 0.4) is 0 Å². The van der Waals surface area contributed by atoms with E-state index >= 15 is 0 Å². The van der Waals surface area contributed by atoms with Crippen molar-refractivity contribution in [1.82, 2.24) is 5.43 Å². The zero-order valence-corrected chi connectivity index (χ0v) is 18.2.